The van der Waals surface area contributed by atoms with Gasteiger partial charge in [-0.25, -0.2) is 0 Å². The zero-order valence-corrected chi connectivity index (χ0v) is 16.8. The number of fused-ring (bicyclic) bond motifs is 1. The topological polar surface area (TPSA) is 75.1 Å². The molecule has 154 valence electrons. The third-order valence-electron chi connectivity index (χ3n) is 6.34. The molecule has 1 aliphatic carbocycles. The Hall–Kier alpha value is -1.70. The fourth-order valence-electron chi connectivity index (χ4n) is 4.81. The third kappa shape index (κ3) is 4.31. The zero-order chi connectivity index (χ0) is 19.7. The summed E-state index contributed by atoms with van der Waals surface area (Å²) in [5.74, 6) is 1.84. The van der Waals surface area contributed by atoms with Crippen LogP contribution in [0.4, 0.5) is 0 Å². The summed E-state index contributed by atoms with van der Waals surface area (Å²) in [7, 11) is 0. The number of aryl methyl sites for hydroxylation is 2. The molecule has 7 nitrogen and oxygen atoms in total. The van der Waals surface area contributed by atoms with Crippen LogP contribution in [0.5, 0.6) is 5.75 Å². The van der Waals surface area contributed by atoms with E-state index in [0.29, 0.717) is 44.7 Å². The van der Waals surface area contributed by atoms with Crippen LogP contribution in [-0.2, 0) is 9.53 Å². The maximum atomic E-state index is 12.5. The summed E-state index contributed by atoms with van der Waals surface area (Å²) in [6.45, 7) is 8.81. The van der Waals surface area contributed by atoms with Crippen molar-refractivity contribution in [1.82, 2.24) is 14.8 Å². The summed E-state index contributed by atoms with van der Waals surface area (Å²) in [5, 5.41) is 10.6. The molecule has 0 aromatic carbocycles. The fraction of sp³-hybridized carbons (Fsp3) is 0.714. The van der Waals surface area contributed by atoms with Crippen molar-refractivity contribution in [2.24, 2.45) is 11.8 Å². The number of amides is 1. The molecule has 7 heteroatoms. The Bertz CT molecular complexity index is 707. The average Bonchev–Trinajstić information content (AvgIpc) is 3.05. The quantitative estimate of drug-likeness (QED) is 0.828. The van der Waals surface area contributed by atoms with E-state index in [2.05, 4.69) is 9.88 Å². The fourth-order valence-corrected chi connectivity index (χ4v) is 4.81. The number of aliphatic hydroxyl groups excluding tert-OH is 1. The van der Waals surface area contributed by atoms with Gasteiger partial charge in [0.15, 0.2) is 0 Å². The minimum Gasteiger partial charge on any atom is -0.486 e. The third-order valence-corrected chi connectivity index (χ3v) is 6.34. The van der Waals surface area contributed by atoms with Gasteiger partial charge in [-0.1, -0.05) is 0 Å². The molecule has 3 fully saturated rings. The lowest BCUT2D eigenvalue weighted by Gasteiger charge is -2.35. The highest BCUT2D eigenvalue weighted by Gasteiger charge is 2.43. The molecule has 3 heterocycles. The Morgan fingerprint density at radius 2 is 1.93 bits per heavy atom. The summed E-state index contributed by atoms with van der Waals surface area (Å²) < 4.78 is 11.5. The van der Waals surface area contributed by atoms with Gasteiger partial charge in [-0.2, -0.15) is 0 Å². The molecule has 0 bridgehead atoms. The van der Waals surface area contributed by atoms with Crippen LogP contribution >= 0.6 is 0 Å². The summed E-state index contributed by atoms with van der Waals surface area (Å²) >= 11 is 0. The van der Waals surface area contributed by atoms with Crippen molar-refractivity contribution in [1.29, 1.82) is 0 Å². The molecule has 1 aromatic rings. The van der Waals surface area contributed by atoms with E-state index >= 15 is 0 Å². The van der Waals surface area contributed by atoms with E-state index < -0.39 is 6.10 Å². The number of aromatic nitrogens is 1. The summed E-state index contributed by atoms with van der Waals surface area (Å²) in [6.07, 6.45) is 0.869. The molecular weight excluding hydrogens is 358 g/mol. The Morgan fingerprint density at radius 1 is 1.21 bits per heavy atom. The van der Waals surface area contributed by atoms with Crippen LogP contribution in [0.2, 0.25) is 0 Å². The van der Waals surface area contributed by atoms with Crippen molar-refractivity contribution < 1.29 is 19.4 Å². The predicted octanol–water partition coefficient (Wildman–Crippen LogP) is 1.01. The number of nitrogens with zero attached hydrogens (tertiary/aromatic N) is 3. The van der Waals surface area contributed by atoms with Crippen molar-refractivity contribution in [3.63, 3.8) is 0 Å². The monoisotopic (exact) mass is 389 g/mol. The van der Waals surface area contributed by atoms with Gasteiger partial charge < -0.3 is 19.5 Å². The molecule has 28 heavy (non-hydrogen) atoms. The van der Waals surface area contributed by atoms with Gasteiger partial charge >= 0.3 is 0 Å². The predicted molar refractivity (Wildman–Crippen MR) is 104 cm³/mol. The highest BCUT2D eigenvalue weighted by Crippen LogP contribution is 2.38. The zero-order valence-electron chi connectivity index (χ0n) is 16.8. The Kier molecular flexibility index (Phi) is 5.85. The lowest BCUT2D eigenvalue weighted by molar-refractivity contribution is -0.136. The van der Waals surface area contributed by atoms with Crippen LogP contribution in [0.1, 0.15) is 24.2 Å². The van der Waals surface area contributed by atoms with Gasteiger partial charge in [0.25, 0.3) is 0 Å². The average molecular weight is 389 g/mol. The van der Waals surface area contributed by atoms with Crippen molar-refractivity contribution in [3.05, 3.63) is 23.5 Å². The van der Waals surface area contributed by atoms with Gasteiger partial charge in [0.1, 0.15) is 11.9 Å². The molecule has 1 aromatic heterocycles. The van der Waals surface area contributed by atoms with E-state index in [0.717, 1.165) is 43.1 Å². The number of carbonyl (C=O) groups is 1. The first kappa shape index (κ1) is 19.6. The van der Waals surface area contributed by atoms with Gasteiger partial charge in [-0.05, 0) is 50.7 Å². The Balaban J connectivity index is 1.33. The van der Waals surface area contributed by atoms with Crippen LogP contribution < -0.4 is 4.74 Å². The number of hydrogen-bond acceptors (Lipinski definition) is 6. The van der Waals surface area contributed by atoms with Gasteiger partial charge in [0.2, 0.25) is 5.91 Å². The van der Waals surface area contributed by atoms with E-state index in [1.54, 1.807) is 0 Å². The highest BCUT2D eigenvalue weighted by molar-refractivity contribution is 5.78. The standard InChI is InChI=1S/C21H31N3O4/c1-14-3-4-19(15(2)22-14)28-20-10-17-12-23(11-16(17)9-18(20)25)13-21(26)24-5-7-27-8-6-24/h3-4,16-18,20,25H,5-13H2,1-2H3/t16-,17+,18+,20+/m0/s1. The molecule has 1 N–H and O–H groups in total. The van der Waals surface area contributed by atoms with Crippen LogP contribution in [0.3, 0.4) is 0 Å². The van der Waals surface area contributed by atoms with Crippen LogP contribution in [0.15, 0.2) is 12.1 Å². The van der Waals surface area contributed by atoms with E-state index in [-0.39, 0.29) is 12.0 Å². The number of hydrogen-bond donors (Lipinski definition) is 1. The first-order valence-electron chi connectivity index (χ1n) is 10.4. The summed E-state index contributed by atoms with van der Waals surface area (Å²) in [6, 6.07) is 3.88. The number of aliphatic hydroxyl groups is 1. The minimum atomic E-state index is -0.475. The molecule has 0 unspecified atom stereocenters. The second kappa shape index (κ2) is 8.35. The second-order valence-electron chi connectivity index (χ2n) is 8.44. The summed E-state index contributed by atoms with van der Waals surface area (Å²) in [5.41, 5.74) is 1.82. The normalized spacial score (nSPS) is 30.9. The molecular formula is C21H31N3O4. The van der Waals surface area contributed by atoms with Crippen LogP contribution in [0, 0.1) is 25.7 Å². The molecule has 2 aliphatic heterocycles. The smallest absolute Gasteiger partial charge is 0.236 e. The van der Waals surface area contributed by atoms with Crippen molar-refractivity contribution >= 4 is 5.91 Å². The van der Waals surface area contributed by atoms with Gasteiger partial charge in [0.05, 0.1) is 31.6 Å². The van der Waals surface area contributed by atoms with Crippen molar-refractivity contribution in [2.75, 3.05) is 45.9 Å². The number of ether oxygens (including phenoxy) is 2. The first-order chi connectivity index (χ1) is 13.5. The number of pyridine rings is 1. The first-order valence-corrected chi connectivity index (χ1v) is 10.4. The lowest BCUT2D eigenvalue weighted by atomic mass is 9.78. The maximum absolute atomic E-state index is 12.5. The molecule has 1 saturated carbocycles. The van der Waals surface area contributed by atoms with Crippen molar-refractivity contribution in [3.8, 4) is 5.75 Å². The number of morpholine rings is 1. The maximum Gasteiger partial charge on any atom is 0.236 e. The van der Waals surface area contributed by atoms with E-state index in [1.807, 2.05) is 30.9 Å². The van der Waals surface area contributed by atoms with Gasteiger partial charge in [0, 0.05) is 31.9 Å². The number of carbonyl (C=O) groups excluding carboxylic acids is 1. The number of rotatable bonds is 4. The van der Waals surface area contributed by atoms with Crippen LogP contribution in [-0.4, -0.2) is 83.9 Å². The Labute approximate surface area is 166 Å². The molecule has 4 atom stereocenters. The van der Waals surface area contributed by atoms with E-state index in [9.17, 15) is 9.90 Å². The molecule has 0 spiro atoms. The largest absolute Gasteiger partial charge is 0.486 e. The minimum absolute atomic E-state index is 0.191. The molecule has 0 radical (unpaired) electrons. The SMILES string of the molecule is Cc1ccc(O[C@@H]2C[C@@H]3CN(CC(=O)N4CCOCC4)C[C@@H]3C[C@H]2O)c(C)n1. The highest BCUT2D eigenvalue weighted by atomic mass is 16.5. The van der Waals surface area contributed by atoms with Gasteiger partial charge in [-0.3, -0.25) is 14.7 Å². The van der Waals surface area contributed by atoms with Crippen molar-refractivity contribution in [2.45, 2.75) is 38.9 Å². The Morgan fingerprint density at radius 3 is 2.64 bits per heavy atom. The van der Waals surface area contributed by atoms with E-state index in [4.69, 9.17) is 9.47 Å². The van der Waals surface area contributed by atoms with Gasteiger partial charge in [-0.15, -0.1) is 0 Å². The molecule has 3 aliphatic rings. The molecule has 4 rings (SSSR count). The number of likely N-dealkylation sites (tertiary alicyclic amines) is 1. The van der Waals surface area contributed by atoms with Crippen LogP contribution in [0.25, 0.3) is 0 Å². The molecule has 1 amide bonds. The van der Waals surface area contributed by atoms with E-state index in [1.165, 1.54) is 0 Å². The lowest BCUT2D eigenvalue weighted by Crippen LogP contribution is -2.45. The molecule has 2 saturated heterocycles. The summed E-state index contributed by atoms with van der Waals surface area (Å²) in [4.78, 5) is 21.1. The second-order valence-corrected chi connectivity index (χ2v) is 8.44.